The molecular weight excluding hydrogens is 524 g/mol. The number of methoxy groups -OCH3 is 1. The number of carbonyl (C=O) groups is 2. The molecule has 1 aromatic rings. The van der Waals surface area contributed by atoms with Crippen LogP contribution >= 0.6 is 0 Å². The fraction of sp³-hybridized carbons (Fsp3) is 0.643. The molecule has 3 aliphatic rings. The number of hydrogen-bond acceptors (Lipinski definition) is 10. The average Bonchev–Trinajstić information content (AvgIpc) is 3.79. The summed E-state index contributed by atoms with van der Waals surface area (Å²) in [6.45, 7) is 9.96. The van der Waals surface area contributed by atoms with Crippen LogP contribution in [0.5, 0.6) is 5.75 Å². The van der Waals surface area contributed by atoms with E-state index < -0.39 is 40.5 Å². The van der Waals surface area contributed by atoms with Crippen LogP contribution in [0.25, 0.3) is 0 Å². The number of allylic oxidation sites excluding steroid dienone is 1. The molecule has 1 aliphatic carbocycles. The Hall–Kier alpha value is -3.22. The molecule has 6 atom stereocenters. The quantitative estimate of drug-likeness (QED) is 0.106. The van der Waals surface area contributed by atoms with Gasteiger partial charge in [-0.1, -0.05) is 11.6 Å². The highest BCUT2D eigenvalue weighted by Gasteiger charge is 2.72. The van der Waals surface area contributed by atoms with Gasteiger partial charge in [-0.15, -0.1) is 0 Å². The van der Waals surface area contributed by atoms with Crippen LogP contribution in [0.3, 0.4) is 0 Å². The van der Waals surface area contributed by atoms with E-state index in [4.69, 9.17) is 28.4 Å². The van der Waals surface area contributed by atoms with Crippen LogP contribution in [0.4, 0.5) is 15.3 Å². The topological polar surface area (TPSA) is 151 Å². The Morgan fingerprint density at radius 1 is 1.25 bits per heavy atom. The van der Waals surface area contributed by atoms with Gasteiger partial charge in [-0.3, -0.25) is 10.1 Å². The number of rotatable bonds is 10. The van der Waals surface area contributed by atoms with Gasteiger partial charge in [0, 0.05) is 19.2 Å². The Labute approximate surface area is 233 Å². The highest BCUT2D eigenvalue weighted by Crippen LogP contribution is 2.59. The van der Waals surface area contributed by atoms with E-state index in [1.54, 1.807) is 21.0 Å². The van der Waals surface area contributed by atoms with Crippen LogP contribution in [0.1, 0.15) is 53.9 Å². The molecule has 12 heteroatoms. The van der Waals surface area contributed by atoms with Gasteiger partial charge in [-0.25, -0.2) is 9.59 Å². The molecular formula is C28H38N2O10. The highest BCUT2D eigenvalue weighted by atomic mass is 16.7. The number of nitro groups is 1. The summed E-state index contributed by atoms with van der Waals surface area (Å²) in [4.78, 5) is 35.2. The second-order valence-corrected chi connectivity index (χ2v) is 11.7. The minimum absolute atomic E-state index is 0.0422. The van der Waals surface area contributed by atoms with Crippen molar-refractivity contribution >= 4 is 17.9 Å². The SMILES string of the molecule is COC1C(OC(=O)NC(C)(C)COC(=O)Oc2ccc([N+](=O)[O-])cc2)CC[C@]2(CO2)C1[C@]1(C)O[C@@H]1CC=C(C)C. The Balaban J connectivity index is 1.30. The summed E-state index contributed by atoms with van der Waals surface area (Å²) >= 11 is 0. The van der Waals surface area contributed by atoms with Crippen LogP contribution < -0.4 is 10.1 Å². The van der Waals surface area contributed by atoms with Crippen molar-refractivity contribution in [3.05, 3.63) is 46.0 Å². The predicted molar refractivity (Wildman–Crippen MR) is 142 cm³/mol. The number of hydrogen-bond donors (Lipinski definition) is 1. The lowest BCUT2D eigenvalue weighted by atomic mass is 9.68. The molecule has 1 spiro atoms. The molecule has 0 aromatic heterocycles. The lowest BCUT2D eigenvalue weighted by molar-refractivity contribution is -0.384. The van der Waals surface area contributed by atoms with Crippen molar-refractivity contribution < 1.29 is 42.9 Å². The molecule has 1 aromatic carbocycles. The fourth-order valence-corrected chi connectivity index (χ4v) is 5.55. The molecule has 2 heterocycles. The van der Waals surface area contributed by atoms with E-state index in [9.17, 15) is 19.7 Å². The molecule has 2 aliphatic heterocycles. The molecule has 4 rings (SSSR count). The molecule has 3 fully saturated rings. The zero-order chi connectivity index (χ0) is 29.3. The summed E-state index contributed by atoms with van der Waals surface area (Å²) in [6, 6.07) is 5.00. The molecule has 1 N–H and O–H groups in total. The number of carbonyl (C=O) groups excluding carboxylic acids is 2. The van der Waals surface area contributed by atoms with E-state index in [1.165, 1.54) is 29.8 Å². The predicted octanol–water partition coefficient (Wildman–Crippen LogP) is 4.69. The van der Waals surface area contributed by atoms with Crippen molar-refractivity contribution in [3.63, 3.8) is 0 Å². The Morgan fingerprint density at radius 2 is 1.93 bits per heavy atom. The molecule has 0 bridgehead atoms. The zero-order valence-electron chi connectivity index (χ0n) is 23.8. The molecule has 40 heavy (non-hydrogen) atoms. The van der Waals surface area contributed by atoms with E-state index >= 15 is 0 Å². The van der Waals surface area contributed by atoms with Crippen LogP contribution in [-0.4, -0.2) is 72.5 Å². The zero-order valence-corrected chi connectivity index (χ0v) is 23.8. The fourth-order valence-electron chi connectivity index (χ4n) is 5.55. The minimum atomic E-state index is -1.01. The monoisotopic (exact) mass is 562 g/mol. The lowest BCUT2D eigenvalue weighted by Gasteiger charge is -2.42. The lowest BCUT2D eigenvalue weighted by Crippen LogP contribution is -2.57. The Morgan fingerprint density at radius 3 is 2.50 bits per heavy atom. The summed E-state index contributed by atoms with van der Waals surface area (Å²) in [6.07, 6.45) is 1.70. The van der Waals surface area contributed by atoms with Crippen LogP contribution in [0, 0.1) is 16.0 Å². The molecule has 12 nitrogen and oxygen atoms in total. The van der Waals surface area contributed by atoms with Gasteiger partial charge in [0.1, 0.15) is 35.8 Å². The second-order valence-electron chi connectivity index (χ2n) is 11.7. The summed E-state index contributed by atoms with van der Waals surface area (Å²) in [5.41, 5.74) is -0.663. The standard InChI is InChI=1S/C28H38N2O10/c1-17(2)7-12-21-27(5,40-21)23-22(35-6)20(13-14-28(23)16-37-28)39-24(31)29-26(3,4)15-36-25(32)38-19-10-8-18(9-11-19)30(33)34/h7-11,20-23H,12-16H2,1-6H3,(H,29,31)/t20?,21-,22?,23?,27-,28+/m1/s1. The number of epoxide rings is 2. The van der Waals surface area contributed by atoms with Crippen molar-refractivity contribution in [1.29, 1.82) is 0 Å². The summed E-state index contributed by atoms with van der Waals surface area (Å²) in [7, 11) is 1.61. The van der Waals surface area contributed by atoms with E-state index in [1.807, 2.05) is 0 Å². The van der Waals surface area contributed by atoms with Crippen molar-refractivity contribution in [2.75, 3.05) is 20.3 Å². The molecule has 2 saturated heterocycles. The first-order valence-electron chi connectivity index (χ1n) is 13.3. The smallest absolute Gasteiger partial charge is 0.443 e. The third kappa shape index (κ3) is 6.73. The number of non-ortho nitro benzene ring substituents is 1. The summed E-state index contributed by atoms with van der Waals surface area (Å²) in [5.74, 6) is -0.00951. The van der Waals surface area contributed by atoms with Crippen LogP contribution in [0.15, 0.2) is 35.9 Å². The van der Waals surface area contributed by atoms with E-state index in [0.717, 1.165) is 12.8 Å². The van der Waals surface area contributed by atoms with Gasteiger partial charge in [0.25, 0.3) is 5.69 Å². The second kappa shape index (κ2) is 11.3. The third-order valence-corrected chi connectivity index (χ3v) is 7.74. The maximum atomic E-state index is 12.9. The van der Waals surface area contributed by atoms with Gasteiger partial charge >= 0.3 is 12.2 Å². The van der Waals surface area contributed by atoms with Crippen LogP contribution in [-0.2, 0) is 23.7 Å². The molecule has 3 unspecified atom stereocenters. The summed E-state index contributed by atoms with van der Waals surface area (Å²) < 4.78 is 34.1. The molecule has 220 valence electrons. The molecule has 1 saturated carbocycles. The van der Waals surface area contributed by atoms with Crippen LogP contribution in [0.2, 0.25) is 0 Å². The van der Waals surface area contributed by atoms with Gasteiger partial charge in [-0.05, 0) is 66.0 Å². The van der Waals surface area contributed by atoms with Gasteiger partial charge < -0.3 is 33.7 Å². The number of nitro benzene ring substituents is 1. The largest absolute Gasteiger partial charge is 0.513 e. The minimum Gasteiger partial charge on any atom is -0.443 e. The average molecular weight is 563 g/mol. The number of nitrogens with zero attached hydrogens (tertiary/aromatic N) is 1. The first-order chi connectivity index (χ1) is 18.8. The van der Waals surface area contributed by atoms with E-state index in [0.29, 0.717) is 13.0 Å². The summed E-state index contributed by atoms with van der Waals surface area (Å²) in [5, 5.41) is 13.5. The van der Waals surface area contributed by atoms with Gasteiger partial charge in [0.05, 0.1) is 29.1 Å². The van der Waals surface area contributed by atoms with Crippen molar-refractivity contribution in [3.8, 4) is 5.75 Å². The number of amides is 1. The first-order valence-corrected chi connectivity index (χ1v) is 13.3. The van der Waals surface area contributed by atoms with E-state index in [2.05, 4.69) is 32.2 Å². The van der Waals surface area contributed by atoms with Gasteiger partial charge in [0.2, 0.25) is 0 Å². The van der Waals surface area contributed by atoms with E-state index in [-0.39, 0.29) is 35.7 Å². The number of ether oxygens (including phenoxy) is 6. The Kier molecular flexibility index (Phi) is 8.44. The number of nitrogens with one attached hydrogen (secondary N) is 1. The normalized spacial score (nSPS) is 30.6. The molecule has 1 amide bonds. The van der Waals surface area contributed by atoms with Crippen molar-refractivity contribution in [2.24, 2.45) is 5.92 Å². The highest BCUT2D eigenvalue weighted by molar-refractivity contribution is 5.69. The first kappa shape index (κ1) is 29.8. The van der Waals surface area contributed by atoms with Gasteiger partial charge in [0.15, 0.2) is 0 Å². The maximum Gasteiger partial charge on any atom is 0.513 e. The van der Waals surface area contributed by atoms with Crippen molar-refractivity contribution in [1.82, 2.24) is 5.32 Å². The Bertz CT molecular complexity index is 1140. The molecule has 0 radical (unpaired) electrons. The number of benzene rings is 1. The number of alkyl carbamates (subject to hydrolysis) is 1. The third-order valence-electron chi connectivity index (χ3n) is 7.74. The van der Waals surface area contributed by atoms with Gasteiger partial charge in [-0.2, -0.15) is 0 Å². The maximum absolute atomic E-state index is 12.9. The van der Waals surface area contributed by atoms with Crippen molar-refractivity contribution in [2.45, 2.75) is 88.9 Å².